The second kappa shape index (κ2) is 9.30. The molecule has 7 heteroatoms. The summed E-state index contributed by atoms with van der Waals surface area (Å²) in [5, 5.41) is 0. The van der Waals surface area contributed by atoms with Crippen LogP contribution in [0.4, 0.5) is 0 Å². The highest BCUT2D eigenvalue weighted by Crippen LogP contribution is 2.38. The Bertz CT molecular complexity index is 639. The summed E-state index contributed by atoms with van der Waals surface area (Å²) in [5.41, 5.74) is 2.01. The van der Waals surface area contributed by atoms with Crippen molar-refractivity contribution in [1.82, 2.24) is 0 Å². The molecule has 0 amide bonds. The number of alkyl halides is 1. The minimum Gasteiger partial charge on any atom is -0.407 e. The number of hydrogen-bond acceptors (Lipinski definition) is 5. The minimum atomic E-state index is -1.91. The number of ether oxygens (including phenoxy) is 4. The van der Waals surface area contributed by atoms with E-state index in [1.165, 1.54) is 0 Å². The average Bonchev–Trinajstić information content (AvgIpc) is 2.69. The molecule has 1 aromatic carbocycles. The molecule has 0 N–H and O–H groups in total. The van der Waals surface area contributed by atoms with Gasteiger partial charge in [0.2, 0.25) is 0 Å². The van der Waals surface area contributed by atoms with Crippen molar-refractivity contribution in [2.24, 2.45) is 0 Å². The lowest BCUT2D eigenvalue weighted by Crippen LogP contribution is -2.59. The summed E-state index contributed by atoms with van der Waals surface area (Å²) in [6, 6.07) is 10.00. The molecule has 0 unspecified atom stereocenters. The maximum atomic E-state index is 6.66. The number of allylic oxidation sites excluding steroid dienone is 1. The van der Waals surface area contributed by atoms with Crippen LogP contribution < -0.4 is 0 Å². The van der Waals surface area contributed by atoms with Gasteiger partial charge in [0.05, 0.1) is 6.61 Å². The lowest BCUT2D eigenvalue weighted by molar-refractivity contribution is -0.316. The van der Waals surface area contributed by atoms with Gasteiger partial charge in [0.25, 0.3) is 0 Å². The largest absolute Gasteiger partial charge is 0.407 e. The summed E-state index contributed by atoms with van der Waals surface area (Å²) >= 11 is 3.61. The first-order chi connectivity index (χ1) is 13.0. The molecule has 5 nitrogen and oxygen atoms in total. The molecule has 2 aliphatic rings. The van der Waals surface area contributed by atoms with E-state index in [2.05, 4.69) is 42.0 Å². The van der Waals surface area contributed by atoms with E-state index in [4.69, 9.17) is 23.4 Å². The van der Waals surface area contributed by atoms with Crippen LogP contribution in [-0.2, 0) is 23.4 Å². The number of methoxy groups -OCH3 is 1. The second-order valence-electron chi connectivity index (χ2n) is 7.46. The molecule has 1 aromatic rings. The van der Waals surface area contributed by atoms with Crippen molar-refractivity contribution in [3.8, 4) is 0 Å². The van der Waals surface area contributed by atoms with Crippen LogP contribution in [0.5, 0.6) is 0 Å². The Hall–Kier alpha value is -0.543. The van der Waals surface area contributed by atoms with Crippen molar-refractivity contribution in [1.29, 1.82) is 0 Å². The summed E-state index contributed by atoms with van der Waals surface area (Å²) in [4.78, 5) is 0.852. The Kier molecular flexibility index (Phi) is 7.30. The van der Waals surface area contributed by atoms with Gasteiger partial charge >= 0.3 is 0 Å². The zero-order valence-electron chi connectivity index (χ0n) is 16.4. The van der Waals surface area contributed by atoms with Crippen LogP contribution in [-0.4, -0.2) is 51.6 Å². The molecule has 0 aromatic heterocycles. The minimum absolute atomic E-state index is 0.206. The van der Waals surface area contributed by atoms with Crippen molar-refractivity contribution in [2.45, 2.75) is 57.3 Å². The smallest absolute Gasteiger partial charge is 0.198 e. The van der Waals surface area contributed by atoms with Crippen LogP contribution in [0.15, 0.2) is 42.0 Å². The van der Waals surface area contributed by atoms with Crippen molar-refractivity contribution < 1.29 is 23.4 Å². The Morgan fingerprint density at radius 1 is 1.22 bits per heavy atom. The SMILES string of the molecule is CC/C=C1\[C@@H](OC)O[C@@H]2CO[C@@H](c3ccccc3)O[C@H]2[C@H]1O[Si](C)(C)CBr. The Labute approximate surface area is 171 Å². The van der Waals surface area contributed by atoms with Gasteiger partial charge in [-0.2, -0.15) is 0 Å². The van der Waals surface area contributed by atoms with E-state index in [1.807, 2.05) is 30.3 Å². The molecule has 0 bridgehead atoms. The van der Waals surface area contributed by atoms with Gasteiger partial charge in [-0.15, -0.1) is 0 Å². The van der Waals surface area contributed by atoms with Crippen molar-refractivity contribution >= 4 is 24.2 Å². The number of rotatable bonds is 6. The molecule has 0 radical (unpaired) electrons. The third-order valence-corrected chi connectivity index (χ3v) is 10.3. The fourth-order valence-corrected chi connectivity index (χ4v) is 4.84. The predicted octanol–water partition coefficient (Wildman–Crippen LogP) is 4.33. The molecule has 150 valence electrons. The molecule has 2 aliphatic heterocycles. The first-order valence-corrected chi connectivity index (χ1v) is 13.7. The van der Waals surface area contributed by atoms with E-state index in [9.17, 15) is 0 Å². The molecule has 5 atom stereocenters. The maximum Gasteiger partial charge on any atom is 0.198 e. The molecule has 2 saturated heterocycles. The molecular formula is C20H29BrO5Si. The second-order valence-corrected chi connectivity index (χ2v) is 13.2. The van der Waals surface area contributed by atoms with Crippen molar-refractivity contribution in [3.63, 3.8) is 0 Å². The van der Waals surface area contributed by atoms with Crippen molar-refractivity contribution in [2.75, 3.05) is 18.7 Å². The summed E-state index contributed by atoms with van der Waals surface area (Å²) in [6.07, 6.45) is 1.50. The van der Waals surface area contributed by atoms with Gasteiger partial charge in [-0.3, -0.25) is 0 Å². The van der Waals surface area contributed by atoms with Crippen LogP contribution in [0.3, 0.4) is 0 Å². The molecule has 0 spiro atoms. The molecule has 2 fully saturated rings. The van der Waals surface area contributed by atoms with Crippen LogP contribution in [0.1, 0.15) is 25.2 Å². The van der Waals surface area contributed by atoms with Gasteiger partial charge < -0.3 is 23.4 Å². The Morgan fingerprint density at radius 3 is 2.59 bits per heavy atom. The van der Waals surface area contributed by atoms with Gasteiger partial charge in [-0.25, -0.2) is 0 Å². The van der Waals surface area contributed by atoms with Crippen molar-refractivity contribution in [3.05, 3.63) is 47.5 Å². The molecule has 2 heterocycles. The van der Waals surface area contributed by atoms with E-state index < -0.39 is 20.9 Å². The highest BCUT2D eigenvalue weighted by molar-refractivity contribution is 9.09. The van der Waals surface area contributed by atoms with Crippen LogP contribution >= 0.6 is 15.9 Å². The third-order valence-electron chi connectivity index (χ3n) is 4.75. The summed E-state index contributed by atoms with van der Waals surface area (Å²) in [7, 11) is -0.249. The Balaban J connectivity index is 1.90. The fourth-order valence-electron chi connectivity index (χ4n) is 3.43. The molecular weight excluding hydrogens is 428 g/mol. The van der Waals surface area contributed by atoms with Gasteiger partial charge in [0.1, 0.15) is 18.3 Å². The lowest BCUT2D eigenvalue weighted by Gasteiger charge is -2.48. The first kappa shape index (κ1) is 21.2. The van der Waals surface area contributed by atoms with E-state index in [0.29, 0.717) is 6.61 Å². The third kappa shape index (κ3) is 4.90. The fraction of sp³-hybridized carbons (Fsp3) is 0.600. The lowest BCUT2D eigenvalue weighted by atomic mass is 9.94. The zero-order chi connectivity index (χ0) is 19.4. The van der Waals surface area contributed by atoms with Gasteiger partial charge in [-0.1, -0.05) is 59.3 Å². The van der Waals surface area contributed by atoms with Gasteiger partial charge in [0.15, 0.2) is 20.9 Å². The number of fused-ring (bicyclic) bond motifs is 1. The van der Waals surface area contributed by atoms with Crippen LogP contribution in [0, 0.1) is 0 Å². The standard InChI is InChI=1S/C20H29BrO5Si/c1-5-9-15-17(26-27(3,4)13-21)18-16(24-20(15)22-2)12-23-19(25-18)14-10-7-6-8-11-14/h6-11,16-20H,5,12-13H2,1-4H3/b15-9-/t16-,17+,18-,19-,20+/m1/s1. The maximum absolute atomic E-state index is 6.66. The number of benzene rings is 1. The number of halogens is 1. The molecule has 0 aliphatic carbocycles. The number of hydrogen-bond donors (Lipinski definition) is 0. The predicted molar refractivity (Wildman–Crippen MR) is 110 cm³/mol. The Morgan fingerprint density at radius 2 is 1.96 bits per heavy atom. The highest BCUT2D eigenvalue weighted by Gasteiger charge is 2.49. The molecule has 0 saturated carbocycles. The average molecular weight is 457 g/mol. The highest BCUT2D eigenvalue weighted by atomic mass is 79.9. The van der Waals surface area contributed by atoms with Gasteiger partial charge in [0, 0.05) is 23.2 Å². The normalized spacial score (nSPS) is 33.1. The van der Waals surface area contributed by atoms with Gasteiger partial charge in [-0.05, 0) is 19.5 Å². The molecule has 27 heavy (non-hydrogen) atoms. The topological polar surface area (TPSA) is 46.2 Å². The zero-order valence-corrected chi connectivity index (χ0v) is 19.0. The quantitative estimate of drug-likeness (QED) is 0.362. The summed E-state index contributed by atoms with van der Waals surface area (Å²) in [5.74, 6) is 0. The van der Waals surface area contributed by atoms with Crippen LogP contribution in [0.25, 0.3) is 0 Å². The molecule has 3 rings (SSSR count). The monoisotopic (exact) mass is 456 g/mol. The summed E-state index contributed by atoms with van der Waals surface area (Å²) in [6.45, 7) is 6.95. The van der Waals surface area contributed by atoms with E-state index in [1.54, 1.807) is 7.11 Å². The van der Waals surface area contributed by atoms with E-state index >= 15 is 0 Å². The van der Waals surface area contributed by atoms with Crippen LogP contribution in [0.2, 0.25) is 13.1 Å². The van der Waals surface area contributed by atoms with E-state index in [-0.39, 0.29) is 18.3 Å². The van der Waals surface area contributed by atoms with E-state index in [0.717, 1.165) is 22.5 Å². The summed E-state index contributed by atoms with van der Waals surface area (Å²) < 4.78 is 30.8. The first-order valence-electron chi connectivity index (χ1n) is 9.43.